The highest BCUT2D eigenvalue weighted by molar-refractivity contribution is 6.09. The maximum absolute atomic E-state index is 13.3. The van der Waals surface area contributed by atoms with Crippen LogP contribution < -0.4 is 4.74 Å². The van der Waals surface area contributed by atoms with Gasteiger partial charge < -0.3 is 19.1 Å². The van der Waals surface area contributed by atoms with E-state index in [-0.39, 0.29) is 17.8 Å². The quantitative estimate of drug-likeness (QED) is 0.334. The third-order valence-electron chi connectivity index (χ3n) is 6.03. The molecule has 4 rings (SSSR count). The van der Waals surface area contributed by atoms with Gasteiger partial charge in [-0.1, -0.05) is 57.2 Å². The summed E-state index contributed by atoms with van der Waals surface area (Å²) < 4.78 is 12.9. The number of nitrogens with zero attached hydrogens (tertiary/aromatic N) is 1. The normalized spacial score (nSPS) is 11.6. The Morgan fingerprint density at radius 2 is 1.74 bits per heavy atom. The number of carbonyl (C=O) groups is 1. The first-order valence-corrected chi connectivity index (χ1v) is 11.5. The summed E-state index contributed by atoms with van der Waals surface area (Å²) in [5.74, 6) is 0.507. The molecule has 1 heterocycles. The molecule has 0 radical (unpaired) electrons. The molecule has 0 saturated heterocycles. The summed E-state index contributed by atoms with van der Waals surface area (Å²) in [7, 11) is 1.64. The number of ether oxygens (including phenoxy) is 2. The van der Waals surface area contributed by atoms with Crippen molar-refractivity contribution in [3.63, 3.8) is 0 Å². The van der Waals surface area contributed by atoms with Gasteiger partial charge in [-0.3, -0.25) is 0 Å². The molecule has 0 unspecified atom stereocenters. The Morgan fingerprint density at radius 1 is 1.00 bits per heavy atom. The number of methoxy groups -OCH3 is 1. The fourth-order valence-corrected chi connectivity index (χ4v) is 4.30. The lowest BCUT2D eigenvalue weighted by atomic mass is 9.86. The molecule has 1 aromatic heterocycles. The second kappa shape index (κ2) is 9.26. The summed E-state index contributed by atoms with van der Waals surface area (Å²) in [6, 6.07) is 21.3. The number of aromatic nitrogens is 1. The summed E-state index contributed by atoms with van der Waals surface area (Å²) in [5, 5.41) is 11.1. The van der Waals surface area contributed by atoms with E-state index in [1.54, 1.807) is 26.2 Å². The average molecular weight is 458 g/mol. The smallest absolute Gasteiger partial charge is 0.355 e. The molecule has 0 bridgehead atoms. The molecule has 4 aromatic rings. The lowest BCUT2D eigenvalue weighted by molar-refractivity contribution is 0.0516. The number of aromatic hydroxyl groups is 1. The highest BCUT2D eigenvalue weighted by Crippen LogP contribution is 2.38. The van der Waals surface area contributed by atoms with Gasteiger partial charge in [0.05, 0.1) is 13.7 Å². The molecule has 0 aliphatic heterocycles. The van der Waals surface area contributed by atoms with Gasteiger partial charge in [-0.25, -0.2) is 4.79 Å². The van der Waals surface area contributed by atoms with E-state index in [2.05, 4.69) is 32.9 Å². The van der Waals surface area contributed by atoms with Crippen molar-refractivity contribution < 1.29 is 19.4 Å². The third-order valence-corrected chi connectivity index (χ3v) is 6.03. The lowest BCUT2D eigenvalue weighted by Crippen LogP contribution is -2.14. The number of benzene rings is 3. The number of esters is 1. The number of fused-ring (bicyclic) bond motifs is 1. The molecule has 0 aliphatic rings. The van der Waals surface area contributed by atoms with Crippen LogP contribution in [0.15, 0.2) is 66.7 Å². The van der Waals surface area contributed by atoms with Gasteiger partial charge in [0.15, 0.2) is 0 Å². The van der Waals surface area contributed by atoms with Gasteiger partial charge in [0.1, 0.15) is 17.2 Å². The van der Waals surface area contributed by atoms with Crippen LogP contribution in [0.25, 0.3) is 22.0 Å². The topological polar surface area (TPSA) is 60.7 Å². The number of rotatable bonds is 6. The van der Waals surface area contributed by atoms with Crippen molar-refractivity contribution in [2.24, 2.45) is 0 Å². The zero-order chi connectivity index (χ0) is 24.5. The molecule has 3 aromatic carbocycles. The second-order valence-electron chi connectivity index (χ2n) is 9.41. The van der Waals surface area contributed by atoms with Gasteiger partial charge in [0, 0.05) is 23.0 Å². The second-order valence-corrected chi connectivity index (χ2v) is 9.41. The van der Waals surface area contributed by atoms with Gasteiger partial charge in [0.25, 0.3) is 0 Å². The van der Waals surface area contributed by atoms with Crippen molar-refractivity contribution in [2.45, 2.75) is 39.7 Å². The van der Waals surface area contributed by atoms with Crippen LogP contribution >= 0.6 is 0 Å². The van der Waals surface area contributed by atoms with Crippen molar-refractivity contribution in [3.8, 4) is 22.6 Å². The van der Waals surface area contributed by atoms with E-state index in [1.807, 2.05) is 47.0 Å². The van der Waals surface area contributed by atoms with Crippen LogP contribution in [0.2, 0.25) is 0 Å². The molecule has 0 amide bonds. The summed E-state index contributed by atoms with van der Waals surface area (Å²) in [6.45, 7) is 9.04. The Balaban J connectivity index is 1.97. The van der Waals surface area contributed by atoms with E-state index < -0.39 is 5.97 Å². The molecular formula is C29H31NO4. The molecule has 5 nitrogen and oxygen atoms in total. The van der Waals surface area contributed by atoms with Gasteiger partial charge in [-0.15, -0.1) is 0 Å². The number of phenols is 1. The highest BCUT2D eigenvalue weighted by Gasteiger charge is 2.26. The highest BCUT2D eigenvalue weighted by atomic mass is 16.5. The zero-order valence-electron chi connectivity index (χ0n) is 20.4. The van der Waals surface area contributed by atoms with Crippen LogP contribution in [-0.2, 0) is 16.7 Å². The Kier molecular flexibility index (Phi) is 6.38. The standard InChI is InChI=1S/C29H31NO4/c1-6-34-28(32)27-26(20-10-12-21(13-11-20)29(2,3)4)24-17-22(31)14-15-25(24)30(27)18-19-8-7-9-23(16-19)33-5/h7-17,31H,6,18H2,1-5H3. The van der Waals surface area contributed by atoms with E-state index in [4.69, 9.17) is 9.47 Å². The molecule has 176 valence electrons. The van der Waals surface area contributed by atoms with Crippen LogP contribution in [-0.4, -0.2) is 29.4 Å². The molecule has 0 atom stereocenters. The Bertz CT molecular complexity index is 1330. The summed E-state index contributed by atoms with van der Waals surface area (Å²) in [6.07, 6.45) is 0. The fraction of sp³-hybridized carbons (Fsp3) is 0.276. The molecule has 34 heavy (non-hydrogen) atoms. The van der Waals surface area contributed by atoms with Gasteiger partial charge in [0.2, 0.25) is 0 Å². The first-order chi connectivity index (χ1) is 16.2. The van der Waals surface area contributed by atoms with E-state index in [0.29, 0.717) is 12.2 Å². The summed E-state index contributed by atoms with van der Waals surface area (Å²) in [5.41, 5.74) is 5.18. The molecule has 5 heteroatoms. The molecule has 0 saturated carbocycles. The zero-order valence-corrected chi connectivity index (χ0v) is 20.4. The van der Waals surface area contributed by atoms with Gasteiger partial charge in [-0.2, -0.15) is 0 Å². The predicted octanol–water partition coefficient (Wildman–Crippen LogP) is 6.55. The van der Waals surface area contributed by atoms with Crippen LogP contribution in [0.5, 0.6) is 11.5 Å². The molecule has 0 fully saturated rings. The first-order valence-electron chi connectivity index (χ1n) is 11.5. The van der Waals surface area contributed by atoms with E-state index in [0.717, 1.165) is 33.3 Å². The Hall–Kier alpha value is -3.73. The minimum Gasteiger partial charge on any atom is -0.508 e. The van der Waals surface area contributed by atoms with Crippen molar-refractivity contribution >= 4 is 16.9 Å². The number of hydrogen-bond donors (Lipinski definition) is 1. The van der Waals surface area contributed by atoms with E-state index in [9.17, 15) is 9.90 Å². The monoisotopic (exact) mass is 457 g/mol. The largest absolute Gasteiger partial charge is 0.508 e. The molecule has 1 N–H and O–H groups in total. The van der Waals surface area contributed by atoms with Crippen LogP contribution in [0.4, 0.5) is 0 Å². The van der Waals surface area contributed by atoms with Crippen LogP contribution in [0.1, 0.15) is 49.3 Å². The first kappa shape index (κ1) is 23.4. The maximum Gasteiger partial charge on any atom is 0.355 e. The van der Waals surface area contributed by atoms with Crippen LogP contribution in [0, 0.1) is 0 Å². The van der Waals surface area contributed by atoms with E-state index >= 15 is 0 Å². The Labute approximate surface area is 200 Å². The average Bonchev–Trinajstić information content (AvgIpc) is 3.12. The maximum atomic E-state index is 13.3. The molecule has 0 spiro atoms. The van der Waals surface area contributed by atoms with Crippen LogP contribution in [0.3, 0.4) is 0 Å². The third kappa shape index (κ3) is 4.51. The van der Waals surface area contributed by atoms with Crippen molar-refractivity contribution in [3.05, 3.63) is 83.6 Å². The molecular weight excluding hydrogens is 426 g/mol. The lowest BCUT2D eigenvalue weighted by Gasteiger charge is -2.19. The summed E-state index contributed by atoms with van der Waals surface area (Å²) >= 11 is 0. The number of phenolic OH excluding ortho intramolecular Hbond substituents is 1. The van der Waals surface area contributed by atoms with Gasteiger partial charge in [-0.05, 0) is 59.4 Å². The SMILES string of the molecule is CCOC(=O)c1c(-c2ccc(C(C)(C)C)cc2)c2cc(O)ccc2n1Cc1cccc(OC)c1. The fourth-order valence-electron chi connectivity index (χ4n) is 4.30. The Morgan fingerprint density at radius 3 is 2.38 bits per heavy atom. The molecule has 0 aliphatic carbocycles. The van der Waals surface area contributed by atoms with E-state index in [1.165, 1.54) is 5.56 Å². The van der Waals surface area contributed by atoms with Crippen molar-refractivity contribution in [1.82, 2.24) is 4.57 Å². The minimum atomic E-state index is -0.393. The van der Waals surface area contributed by atoms with Gasteiger partial charge >= 0.3 is 5.97 Å². The summed E-state index contributed by atoms with van der Waals surface area (Å²) in [4.78, 5) is 13.3. The number of hydrogen-bond acceptors (Lipinski definition) is 4. The number of carbonyl (C=O) groups excluding carboxylic acids is 1. The minimum absolute atomic E-state index is 0.0150. The predicted molar refractivity (Wildman–Crippen MR) is 136 cm³/mol. The van der Waals surface area contributed by atoms with Crippen molar-refractivity contribution in [1.29, 1.82) is 0 Å². The van der Waals surface area contributed by atoms with Crippen molar-refractivity contribution in [2.75, 3.05) is 13.7 Å².